The maximum absolute atomic E-state index is 13.7. The van der Waals surface area contributed by atoms with Crippen molar-refractivity contribution in [2.75, 3.05) is 0 Å². The second-order valence-corrected chi connectivity index (χ2v) is 9.06. The van der Waals surface area contributed by atoms with Crippen LogP contribution in [-0.4, -0.2) is 26.8 Å². The predicted molar refractivity (Wildman–Crippen MR) is 130 cm³/mol. The fourth-order valence-electron chi connectivity index (χ4n) is 4.40. The molecule has 5 rings (SSSR count). The van der Waals surface area contributed by atoms with Gasteiger partial charge in [0.15, 0.2) is 0 Å². The number of benzene rings is 2. The Kier molecular flexibility index (Phi) is 5.75. The molecule has 1 aliphatic rings. The van der Waals surface area contributed by atoms with E-state index in [4.69, 9.17) is 16.0 Å². The number of nitrogens with zero attached hydrogens (tertiary/aromatic N) is 2. The summed E-state index contributed by atoms with van der Waals surface area (Å²) in [5.74, 6) is 0.219. The Labute approximate surface area is 202 Å². The summed E-state index contributed by atoms with van der Waals surface area (Å²) in [6.45, 7) is 2.77. The molecule has 2 aromatic heterocycles. The molecule has 0 spiro atoms. The third-order valence-corrected chi connectivity index (χ3v) is 6.57. The highest BCUT2D eigenvalue weighted by Gasteiger charge is 2.47. The summed E-state index contributed by atoms with van der Waals surface area (Å²) in [5, 5.41) is 3.66. The summed E-state index contributed by atoms with van der Waals surface area (Å²) in [7, 11) is 0. The summed E-state index contributed by atoms with van der Waals surface area (Å²) in [5.41, 5.74) is 2.05. The highest BCUT2D eigenvalue weighted by Crippen LogP contribution is 2.34. The number of amides is 2. The van der Waals surface area contributed by atoms with Crippen molar-refractivity contribution in [1.82, 2.24) is 14.8 Å². The van der Waals surface area contributed by atoms with Crippen molar-refractivity contribution in [3.05, 3.63) is 107 Å². The number of hydrogen-bond donors (Lipinski definition) is 1. The fourth-order valence-corrected chi connectivity index (χ4v) is 4.53. The molecule has 7 heteroatoms. The van der Waals surface area contributed by atoms with E-state index in [1.807, 2.05) is 66.1 Å². The lowest BCUT2D eigenvalue weighted by atomic mass is 9.93. The zero-order valence-corrected chi connectivity index (χ0v) is 19.5. The molecule has 0 saturated heterocycles. The van der Waals surface area contributed by atoms with Gasteiger partial charge in [-0.15, -0.1) is 0 Å². The number of rotatable bonds is 6. The Bertz CT molecular complexity index is 1310. The molecule has 34 heavy (non-hydrogen) atoms. The molecule has 1 N–H and O–H groups in total. The van der Waals surface area contributed by atoms with Crippen molar-refractivity contribution in [1.29, 1.82) is 0 Å². The molecule has 1 aliphatic heterocycles. The smallest absolute Gasteiger partial charge is 0.271 e. The number of fused-ring (bicyclic) bond motifs is 1. The number of halogens is 1. The van der Waals surface area contributed by atoms with Gasteiger partial charge in [-0.3, -0.25) is 9.59 Å². The van der Waals surface area contributed by atoms with Crippen molar-refractivity contribution in [3.63, 3.8) is 0 Å². The van der Waals surface area contributed by atoms with E-state index in [-0.39, 0.29) is 18.4 Å². The average molecular weight is 474 g/mol. The van der Waals surface area contributed by atoms with Gasteiger partial charge in [0.2, 0.25) is 5.91 Å². The number of nitrogens with one attached hydrogen (secondary N) is 1. The molecule has 6 nitrogen and oxygen atoms in total. The zero-order valence-electron chi connectivity index (χ0n) is 18.7. The van der Waals surface area contributed by atoms with Crippen LogP contribution in [0.4, 0.5) is 0 Å². The molecule has 0 aliphatic carbocycles. The van der Waals surface area contributed by atoms with Crippen LogP contribution in [0.2, 0.25) is 5.02 Å². The minimum absolute atomic E-state index is 0.212. The molecular weight excluding hydrogens is 450 g/mol. The molecule has 0 fully saturated rings. The first-order valence-electron chi connectivity index (χ1n) is 11.1. The van der Waals surface area contributed by atoms with E-state index >= 15 is 0 Å². The van der Waals surface area contributed by atoms with E-state index in [1.165, 1.54) is 0 Å². The van der Waals surface area contributed by atoms with E-state index in [2.05, 4.69) is 5.32 Å². The molecule has 0 saturated carbocycles. The Morgan fingerprint density at radius 1 is 0.971 bits per heavy atom. The Hall–Kier alpha value is -3.77. The summed E-state index contributed by atoms with van der Waals surface area (Å²) in [4.78, 5) is 29.0. The van der Waals surface area contributed by atoms with Gasteiger partial charge >= 0.3 is 0 Å². The summed E-state index contributed by atoms with van der Waals surface area (Å²) in [6.07, 6.45) is 1.60. The minimum atomic E-state index is -1.13. The first-order chi connectivity index (χ1) is 16.5. The summed E-state index contributed by atoms with van der Waals surface area (Å²) >= 11 is 6.05. The highest BCUT2D eigenvalue weighted by molar-refractivity contribution is 6.30. The van der Waals surface area contributed by atoms with Gasteiger partial charge in [-0.1, -0.05) is 54.1 Å². The van der Waals surface area contributed by atoms with E-state index in [1.54, 1.807) is 35.4 Å². The van der Waals surface area contributed by atoms with Crippen LogP contribution in [0.15, 0.2) is 89.5 Å². The van der Waals surface area contributed by atoms with E-state index < -0.39 is 5.54 Å². The van der Waals surface area contributed by atoms with E-state index in [9.17, 15) is 9.59 Å². The first kappa shape index (κ1) is 22.0. The van der Waals surface area contributed by atoms with Crippen molar-refractivity contribution in [2.45, 2.75) is 32.1 Å². The first-order valence-corrected chi connectivity index (χ1v) is 11.5. The Morgan fingerprint density at radius 3 is 2.41 bits per heavy atom. The van der Waals surface area contributed by atoms with Crippen LogP contribution in [0, 0.1) is 0 Å². The Balaban J connectivity index is 1.51. The maximum atomic E-state index is 13.7. The monoisotopic (exact) mass is 473 g/mol. The third-order valence-electron chi connectivity index (χ3n) is 6.32. The Morgan fingerprint density at radius 2 is 1.71 bits per heavy atom. The van der Waals surface area contributed by atoms with E-state index in [0.717, 1.165) is 16.8 Å². The number of hydrogen-bond acceptors (Lipinski definition) is 3. The lowest BCUT2D eigenvalue weighted by Gasteiger charge is -2.44. The fraction of sp³-hybridized carbons (Fsp3) is 0.185. The molecule has 172 valence electrons. The van der Waals surface area contributed by atoms with Crippen LogP contribution in [-0.2, 0) is 24.4 Å². The molecule has 4 aromatic rings. The molecule has 0 bridgehead atoms. The predicted octanol–water partition coefficient (Wildman–Crippen LogP) is 5.13. The number of furan rings is 1. The van der Waals surface area contributed by atoms with Crippen LogP contribution < -0.4 is 5.32 Å². The van der Waals surface area contributed by atoms with Crippen LogP contribution in [0.1, 0.15) is 28.5 Å². The molecule has 0 radical (unpaired) electrons. The van der Waals surface area contributed by atoms with Gasteiger partial charge in [-0.05, 0) is 54.4 Å². The average Bonchev–Trinajstić information content (AvgIpc) is 3.52. The molecular formula is C27H24ClN3O3. The number of carbonyl (C=O) groups is 2. The normalized spacial score (nSPS) is 17.5. The topological polar surface area (TPSA) is 67.5 Å². The summed E-state index contributed by atoms with van der Waals surface area (Å²) < 4.78 is 7.46. The van der Waals surface area contributed by atoms with Gasteiger partial charge in [0, 0.05) is 18.1 Å². The highest BCUT2D eigenvalue weighted by atomic mass is 35.5. The maximum Gasteiger partial charge on any atom is 0.271 e. The van der Waals surface area contributed by atoms with Crippen LogP contribution in [0.25, 0.3) is 11.5 Å². The number of aromatic nitrogens is 1. The van der Waals surface area contributed by atoms with Gasteiger partial charge in [-0.2, -0.15) is 0 Å². The van der Waals surface area contributed by atoms with Gasteiger partial charge in [0.1, 0.15) is 17.0 Å². The van der Waals surface area contributed by atoms with Crippen LogP contribution >= 0.6 is 11.6 Å². The largest absolute Gasteiger partial charge is 0.463 e. The van der Waals surface area contributed by atoms with Crippen molar-refractivity contribution >= 4 is 23.4 Å². The lowest BCUT2D eigenvalue weighted by molar-refractivity contribution is -0.133. The van der Waals surface area contributed by atoms with Crippen molar-refractivity contribution in [3.8, 4) is 11.5 Å². The minimum Gasteiger partial charge on any atom is -0.463 e. The second kappa shape index (κ2) is 8.88. The molecule has 2 aromatic carbocycles. The zero-order chi connectivity index (χ0) is 23.7. The van der Waals surface area contributed by atoms with Gasteiger partial charge in [0.05, 0.1) is 18.5 Å². The van der Waals surface area contributed by atoms with Crippen LogP contribution in [0.5, 0.6) is 0 Å². The standard InChI is InChI=1S/C27H24ClN3O3/c1-27(26(33)29-16-19-6-3-2-4-7-19)18-30-22(24-8-5-15-34-24)13-14-23(30)25(32)31(27)17-20-9-11-21(28)12-10-20/h2-15H,16-18H2,1H3,(H,29,33). The van der Waals surface area contributed by atoms with Gasteiger partial charge < -0.3 is 19.2 Å². The quantitative estimate of drug-likeness (QED) is 0.422. The van der Waals surface area contributed by atoms with Crippen LogP contribution in [0.3, 0.4) is 0 Å². The lowest BCUT2D eigenvalue weighted by Crippen LogP contribution is -2.63. The molecule has 1 unspecified atom stereocenters. The van der Waals surface area contributed by atoms with Gasteiger partial charge in [-0.25, -0.2) is 0 Å². The second-order valence-electron chi connectivity index (χ2n) is 8.63. The molecule has 1 atom stereocenters. The van der Waals surface area contributed by atoms with Crippen molar-refractivity contribution in [2.24, 2.45) is 0 Å². The number of carbonyl (C=O) groups excluding carboxylic acids is 2. The molecule has 3 heterocycles. The molecule has 2 amide bonds. The van der Waals surface area contributed by atoms with Gasteiger partial charge in [0.25, 0.3) is 5.91 Å². The SMILES string of the molecule is CC1(C(=O)NCc2ccccc2)Cn2c(ccc2-c2ccco2)C(=O)N1Cc1ccc(Cl)cc1. The summed E-state index contributed by atoms with van der Waals surface area (Å²) in [6, 6.07) is 24.3. The van der Waals surface area contributed by atoms with Crippen molar-refractivity contribution < 1.29 is 14.0 Å². The van der Waals surface area contributed by atoms with E-state index in [0.29, 0.717) is 29.6 Å². The third kappa shape index (κ3) is 4.01.